The molecule has 0 aliphatic carbocycles. The number of hydrogen-bond donors (Lipinski definition) is 1. The van der Waals surface area contributed by atoms with Gasteiger partial charge in [-0.15, -0.1) is 0 Å². The zero-order valence-corrected chi connectivity index (χ0v) is 19.1. The Bertz CT molecular complexity index is 1240. The number of aryl methyl sites for hydroxylation is 3. The summed E-state index contributed by atoms with van der Waals surface area (Å²) in [4.78, 5) is 42.6. The molecule has 0 atom stereocenters. The van der Waals surface area contributed by atoms with E-state index in [9.17, 15) is 14.4 Å². The fraction of sp³-hybridized carbons (Fsp3) is 0.385. The van der Waals surface area contributed by atoms with Gasteiger partial charge in [0, 0.05) is 18.7 Å². The third kappa shape index (κ3) is 4.82. The number of carbonyl (C=O) groups is 2. The molecule has 0 saturated carbocycles. The molecule has 1 aromatic heterocycles. The van der Waals surface area contributed by atoms with Crippen LogP contribution < -0.4 is 10.9 Å². The molecular weight excluding hydrogens is 418 g/mol. The number of benzene rings is 2. The van der Waals surface area contributed by atoms with E-state index in [4.69, 9.17) is 4.74 Å². The Morgan fingerprint density at radius 3 is 2.55 bits per heavy atom. The predicted octanol–water partition coefficient (Wildman–Crippen LogP) is 4.04. The second-order valence-corrected chi connectivity index (χ2v) is 8.31. The van der Waals surface area contributed by atoms with E-state index in [0.717, 1.165) is 61.2 Å². The van der Waals surface area contributed by atoms with Crippen LogP contribution in [0.3, 0.4) is 0 Å². The fourth-order valence-corrected chi connectivity index (χ4v) is 4.34. The first kappa shape index (κ1) is 22.7. The van der Waals surface area contributed by atoms with Gasteiger partial charge in [0.25, 0.3) is 11.5 Å². The maximum atomic E-state index is 12.9. The smallest absolute Gasteiger partial charge is 0.338 e. The number of aromatic nitrogens is 2. The topological polar surface area (TPSA) is 90.3 Å². The van der Waals surface area contributed by atoms with Crippen molar-refractivity contribution in [2.75, 3.05) is 11.9 Å². The van der Waals surface area contributed by atoms with Crippen LogP contribution in [0.15, 0.2) is 41.2 Å². The van der Waals surface area contributed by atoms with Crippen molar-refractivity contribution in [1.82, 2.24) is 9.55 Å². The van der Waals surface area contributed by atoms with Crippen molar-refractivity contribution in [2.24, 2.45) is 0 Å². The van der Waals surface area contributed by atoms with E-state index in [2.05, 4.69) is 10.3 Å². The Labute approximate surface area is 192 Å². The van der Waals surface area contributed by atoms with E-state index >= 15 is 0 Å². The monoisotopic (exact) mass is 447 g/mol. The summed E-state index contributed by atoms with van der Waals surface area (Å²) >= 11 is 0. The zero-order chi connectivity index (χ0) is 23.4. The largest absolute Gasteiger partial charge is 0.452 e. The van der Waals surface area contributed by atoms with Gasteiger partial charge in [-0.25, -0.2) is 9.78 Å². The first-order valence-corrected chi connectivity index (χ1v) is 11.6. The van der Waals surface area contributed by atoms with Gasteiger partial charge in [0.2, 0.25) is 0 Å². The number of amides is 1. The highest BCUT2D eigenvalue weighted by molar-refractivity contribution is 5.98. The first-order chi connectivity index (χ1) is 16.0. The Morgan fingerprint density at radius 2 is 1.82 bits per heavy atom. The van der Waals surface area contributed by atoms with E-state index in [1.165, 1.54) is 0 Å². The molecule has 0 radical (unpaired) electrons. The normalized spacial score (nSPS) is 13.3. The highest BCUT2D eigenvalue weighted by Crippen LogP contribution is 2.22. The highest BCUT2D eigenvalue weighted by Gasteiger charge is 2.17. The summed E-state index contributed by atoms with van der Waals surface area (Å²) in [6.45, 7) is 4.35. The summed E-state index contributed by atoms with van der Waals surface area (Å²) in [7, 11) is 0. The van der Waals surface area contributed by atoms with Crippen LogP contribution in [0.4, 0.5) is 5.69 Å². The molecule has 0 unspecified atom stereocenters. The Balaban J connectivity index is 1.48. The molecule has 3 aromatic rings. The molecule has 172 valence electrons. The maximum Gasteiger partial charge on any atom is 0.338 e. The standard InChI is InChI=1S/C26H29N3O4/c1-3-17-9-8-10-18(4-2)24(17)28-23(30)16-33-26(32)19-12-13-20-21(15-19)27-22-11-6-5-7-14-29(22)25(20)31/h8-10,12-13,15H,3-7,11,14,16H2,1-2H3,(H,28,30). The SMILES string of the molecule is CCc1cccc(CC)c1NC(=O)COC(=O)c1ccc2c(=O)n3c(nc2c1)CCCCC3. The molecule has 1 N–H and O–H groups in total. The minimum atomic E-state index is -0.622. The predicted molar refractivity (Wildman–Crippen MR) is 128 cm³/mol. The van der Waals surface area contributed by atoms with Gasteiger partial charge in [0.05, 0.1) is 16.5 Å². The van der Waals surface area contributed by atoms with Crippen molar-refractivity contribution in [2.45, 2.75) is 58.9 Å². The molecule has 7 nitrogen and oxygen atoms in total. The van der Waals surface area contributed by atoms with Gasteiger partial charge in [-0.1, -0.05) is 38.5 Å². The van der Waals surface area contributed by atoms with Crippen LogP contribution in [0.25, 0.3) is 10.9 Å². The summed E-state index contributed by atoms with van der Waals surface area (Å²) in [5.41, 5.74) is 3.55. The quantitative estimate of drug-likeness (QED) is 0.576. The van der Waals surface area contributed by atoms with Gasteiger partial charge in [-0.05, 0) is 55.0 Å². The number of para-hydroxylation sites is 1. The Kier molecular flexibility index (Phi) is 6.87. The second kappa shape index (κ2) is 9.98. The van der Waals surface area contributed by atoms with Crippen LogP contribution >= 0.6 is 0 Å². The van der Waals surface area contributed by atoms with Crippen LogP contribution in [0.5, 0.6) is 0 Å². The van der Waals surface area contributed by atoms with Gasteiger partial charge in [0.1, 0.15) is 5.82 Å². The van der Waals surface area contributed by atoms with Crippen molar-refractivity contribution in [3.63, 3.8) is 0 Å². The Hall–Kier alpha value is -3.48. The average molecular weight is 448 g/mol. The third-order valence-corrected chi connectivity index (χ3v) is 6.15. The average Bonchev–Trinajstić information content (AvgIpc) is 3.08. The van der Waals surface area contributed by atoms with Crippen LogP contribution in [-0.2, 0) is 35.3 Å². The van der Waals surface area contributed by atoms with Gasteiger partial charge < -0.3 is 10.1 Å². The van der Waals surface area contributed by atoms with E-state index in [-0.39, 0.29) is 17.0 Å². The zero-order valence-electron chi connectivity index (χ0n) is 19.1. The lowest BCUT2D eigenvalue weighted by atomic mass is 10.0. The number of nitrogens with zero attached hydrogens (tertiary/aromatic N) is 2. The molecule has 0 spiro atoms. The van der Waals surface area contributed by atoms with Gasteiger partial charge >= 0.3 is 5.97 Å². The molecule has 2 heterocycles. The molecule has 4 rings (SSSR count). The summed E-state index contributed by atoms with van der Waals surface area (Å²) in [5.74, 6) is -0.249. The molecular formula is C26H29N3O4. The molecule has 0 fully saturated rings. The van der Waals surface area contributed by atoms with Crippen molar-refractivity contribution >= 4 is 28.5 Å². The molecule has 1 aliphatic rings. The van der Waals surface area contributed by atoms with Crippen molar-refractivity contribution in [3.8, 4) is 0 Å². The maximum absolute atomic E-state index is 12.9. The minimum absolute atomic E-state index is 0.0717. The number of hydrogen-bond acceptors (Lipinski definition) is 5. The van der Waals surface area contributed by atoms with Crippen LogP contribution in [0, 0.1) is 0 Å². The lowest BCUT2D eigenvalue weighted by Gasteiger charge is -2.14. The van der Waals surface area contributed by atoms with Gasteiger partial charge in [0.15, 0.2) is 6.61 Å². The highest BCUT2D eigenvalue weighted by atomic mass is 16.5. The first-order valence-electron chi connectivity index (χ1n) is 11.6. The molecule has 7 heteroatoms. The third-order valence-electron chi connectivity index (χ3n) is 6.15. The van der Waals surface area contributed by atoms with Crippen molar-refractivity contribution in [3.05, 3.63) is 69.3 Å². The van der Waals surface area contributed by atoms with Gasteiger partial charge in [-0.2, -0.15) is 0 Å². The fourth-order valence-electron chi connectivity index (χ4n) is 4.34. The van der Waals surface area contributed by atoms with Crippen molar-refractivity contribution < 1.29 is 14.3 Å². The number of ether oxygens (including phenoxy) is 1. The van der Waals surface area contributed by atoms with Crippen LogP contribution in [-0.4, -0.2) is 28.0 Å². The minimum Gasteiger partial charge on any atom is -0.452 e. The molecule has 33 heavy (non-hydrogen) atoms. The number of esters is 1. The van der Waals surface area contributed by atoms with E-state index in [1.807, 2.05) is 32.0 Å². The molecule has 0 bridgehead atoms. The number of rotatable bonds is 6. The number of carbonyl (C=O) groups excluding carboxylic acids is 2. The lowest BCUT2D eigenvalue weighted by Crippen LogP contribution is -2.25. The lowest BCUT2D eigenvalue weighted by molar-refractivity contribution is -0.119. The van der Waals surface area contributed by atoms with Crippen molar-refractivity contribution in [1.29, 1.82) is 0 Å². The van der Waals surface area contributed by atoms with Crippen LogP contribution in [0.1, 0.15) is 60.4 Å². The Morgan fingerprint density at radius 1 is 1.06 bits per heavy atom. The van der Waals surface area contributed by atoms with Gasteiger partial charge in [-0.3, -0.25) is 14.2 Å². The summed E-state index contributed by atoms with van der Waals surface area (Å²) in [6, 6.07) is 10.7. The number of anilines is 1. The van der Waals surface area contributed by atoms with E-state index < -0.39 is 12.6 Å². The molecule has 2 aromatic carbocycles. The van der Waals surface area contributed by atoms with E-state index in [0.29, 0.717) is 17.4 Å². The molecule has 0 saturated heterocycles. The summed E-state index contributed by atoms with van der Waals surface area (Å²) in [5, 5.41) is 3.38. The summed E-state index contributed by atoms with van der Waals surface area (Å²) in [6.07, 6.45) is 5.36. The molecule has 1 amide bonds. The van der Waals surface area contributed by atoms with E-state index in [1.54, 1.807) is 22.8 Å². The molecule has 1 aliphatic heterocycles. The summed E-state index contributed by atoms with van der Waals surface area (Å²) < 4.78 is 7.01. The van der Waals surface area contributed by atoms with Crippen LogP contribution in [0.2, 0.25) is 0 Å². The number of fused-ring (bicyclic) bond motifs is 2. The second-order valence-electron chi connectivity index (χ2n) is 8.31. The number of nitrogens with one attached hydrogen (secondary N) is 1.